The van der Waals surface area contributed by atoms with E-state index in [4.69, 9.17) is 14.2 Å². The number of unbranched alkanes of at least 4 members (excludes halogenated alkanes) is 9. The summed E-state index contributed by atoms with van der Waals surface area (Å²) in [5.74, 6) is 3.58. The third-order valence-corrected chi connectivity index (χ3v) is 8.65. The van der Waals surface area contributed by atoms with Crippen LogP contribution in [0.15, 0.2) is 61.2 Å². The monoisotopic (exact) mass is 576 g/mol. The Morgan fingerprint density at radius 3 is 1.81 bits per heavy atom. The second kappa shape index (κ2) is 21.0. The van der Waals surface area contributed by atoms with Crippen LogP contribution in [-0.4, -0.2) is 19.2 Å². The first-order valence-electron chi connectivity index (χ1n) is 17.0. The van der Waals surface area contributed by atoms with Crippen LogP contribution in [0.1, 0.15) is 133 Å². The first-order valence-corrected chi connectivity index (χ1v) is 17.0. The van der Waals surface area contributed by atoms with Gasteiger partial charge in [-0.2, -0.15) is 0 Å². The van der Waals surface area contributed by atoms with Gasteiger partial charge in [0.25, 0.3) is 0 Å². The van der Waals surface area contributed by atoms with Crippen molar-refractivity contribution in [1.29, 1.82) is 0 Å². The van der Waals surface area contributed by atoms with Crippen molar-refractivity contribution in [3.8, 4) is 17.2 Å². The van der Waals surface area contributed by atoms with E-state index in [0.29, 0.717) is 17.9 Å². The van der Waals surface area contributed by atoms with Gasteiger partial charge in [0.15, 0.2) is 0 Å². The molecule has 0 spiro atoms. The molecule has 1 fully saturated rings. The Labute approximate surface area is 256 Å². The van der Waals surface area contributed by atoms with Gasteiger partial charge in [-0.05, 0) is 92.5 Å². The molecule has 2 aromatic carbocycles. The van der Waals surface area contributed by atoms with Gasteiger partial charge in [-0.3, -0.25) is 0 Å². The van der Waals surface area contributed by atoms with E-state index in [1.54, 1.807) is 24.3 Å². The highest BCUT2D eigenvalue weighted by molar-refractivity contribution is 5.91. The summed E-state index contributed by atoms with van der Waals surface area (Å²) in [6.07, 6.45) is 25.5. The summed E-state index contributed by atoms with van der Waals surface area (Å²) in [5.41, 5.74) is 0.505. The Kier molecular flexibility index (Phi) is 16.9. The number of ether oxygens (including phenoxy) is 3. The smallest absolute Gasteiger partial charge is 0.343 e. The van der Waals surface area contributed by atoms with Crippen molar-refractivity contribution in [2.75, 3.05) is 13.2 Å². The van der Waals surface area contributed by atoms with E-state index in [1.807, 2.05) is 30.3 Å². The average Bonchev–Trinajstić information content (AvgIpc) is 3.02. The molecule has 1 saturated carbocycles. The van der Waals surface area contributed by atoms with E-state index in [2.05, 4.69) is 13.5 Å². The molecule has 4 heteroatoms. The molecule has 0 atom stereocenters. The second-order valence-corrected chi connectivity index (χ2v) is 12.2. The summed E-state index contributed by atoms with van der Waals surface area (Å²) < 4.78 is 17.4. The number of carbonyl (C=O) groups excluding carboxylic acids is 1. The molecule has 4 nitrogen and oxygen atoms in total. The minimum atomic E-state index is -0.374. The molecule has 1 aliphatic rings. The highest BCUT2D eigenvalue weighted by atomic mass is 16.5. The molecule has 0 unspecified atom stereocenters. The molecule has 0 bridgehead atoms. The molecule has 0 radical (unpaired) electrons. The molecule has 0 heterocycles. The minimum Gasteiger partial charge on any atom is -0.494 e. The molecule has 0 aromatic heterocycles. The SMILES string of the molecule is C=CCCCCCCCOc1ccc(C(=O)Oc2ccc(OCCC[C@H]3CC[C@H](CCCCCCC)CC3)cc2)cc1. The highest BCUT2D eigenvalue weighted by Gasteiger charge is 2.20. The molecular weight excluding hydrogens is 520 g/mol. The number of carbonyl (C=O) groups is 1. The number of rotatable bonds is 22. The van der Waals surface area contributed by atoms with Gasteiger partial charge < -0.3 is 14.2 Å². The molecule has 0 amide bonds. The molecule has 42 heavy (non-hydrogen) atoms. The molecule has 0 saturated heterocycles. The first-order chi connectivity index (χ1) is 20.7. The van der Waals surface area contributed by atoms with E-state index in [-0.39, 0.29) is 5.97 Å². The van der Waals surface area contributed by atoms with Gasteiger partial charge in [0, 0.05) is 0 Å². The Hall–Kier alpha value is -2.75. The number of allylic oxidation sites excluding steroid dienone is 1. The van der Waals surface area contributed by atoms with Crippen LogP contribution >= 0.6 is 0 Å². The predicted molar refractivity (Wildman–Crippen MR) is 175 cm³/mol. The molecular formula is C38H56O4. The predicted octanol–water partition coefficient (Wildman–Crippen LogP) is 11.1. The fourth-order valence-corrected chi connectivity index (χ4v) is 5.98. The van der Waals surface area contributed by atoms with E-state index >= 15 is 0 Å². The molecule has 2 aromatic rings. The van der Waals surface area contributed by atoms with Crippen molar-refractivity contribution >= 4 is 5.97 Å². The first kappa shape index (κ1) is 33.7. The summed E-state index contributed by atoms with van der Waals surface area (Å²) in [6.45, 7) is 7.48. The second-order valence-electron chi connectivity index (χ2n) is 12.2. The Bertz CT molecular complexity index is 973. The van der Waals surface area contributed by atoms with Crippen LogP contribution in [0.4, 0.5) is 0 Å². The van der Waals surface area contributed by atoms with Gasteiger partial charge in [-0.25, -0.2) is 4.79 Å². The maximum Gasteiger partial charge on any atom is 0.343 e. The van der Waals surface area contributed by atoms with E-state index in [9.17, 15) is 4.79 Å². The number of hydrogen-bond donors (Lipinski definition) is 0. The van der Waals surface area contributed by atoms with Crippen LogP contribution in [-0.2, 0) is 0 Å². The topological polar surface area (TPSA) is 44.8 Å². The minimum absolute atomic E-state index is 0.374. The van der Waals surface area contributed by atoms with Crippen LogP contribution in [0.25, 0.3) is 0 Å². The molecule has 1 aliphatic carbocycles. The third-order valence-electron chi connectivity index (χ3n) is 8.65. The summed E-state index contributed by atoms with van der Waals surface area (Å²) >= 11 is 0. The summed E-state index contributed by atoms with van der Waals surface area (Å²) in [5, 5.41) is 0. The van der Waals surface area contributed by atoms with Crippen LogP contribution in [0.3, 0.4) is 0 Å². The zero-order chi connectivity index (χ0) is 29.7. The third kappa shape index (κ3) is 13.9. The van der Waals surface area contributed by atoms with Crippen LogP contribution < -0.4 is 14.2 Å². The zero-order valence-electron chi connectivity index (χ0n) is 26.3. The Balaban J connectivity index is 1.24. The number of esters is 1. The summed E-state index contributed by atoms with van der Waals surface area (Å²) in [7, 11) is 0. The number of hydrogen-bond acceptors (Lipinski definition) is 4. The summed E-state index contributed by atoms with van der Waals surface area (Å²) in [4.78, 5) is 12.6. The molecule has 232 valence electrons. The molecule has 0 aliphatic heterocycles. The Morgan fingerprint density at radius 2 is 1.17 bits per heavy atom. The van der Waals surface area contributed by atoms with Crippen molar-refractivity contribution < 1.29 is 19.0 Å². The van der Waals surface area contributed by atoms with Gasteiger partial charge in [0.2, 0.25) is 0 Å². The van der Waals surface area contributed by atoms with Gasteiger partial charge in [0.05, 0.1) is 18.8 Å². The standard InChI is InChI=1S/C38H56O4/c1-3-5-7-9-10-12-14-30-40-35-24-22-34(23-25-35)38(39)42-37-28-26-36(27-29-37)41-31-15-17-33-20-18-32(19-21-33)16-13-11-8-6-4-2/h3,22-29,32-33H,1,4-21,30-31H2,2H3/t32-,33-. The van der Waals surface area contributed by atoms with E-state index in [1.165, 1.54) is 96.3 Å². The van der Waals surface area contributed by atoms with Gasteiger partial charge >= 0.3 is 5.97 Å². The lowest BCUT2D eigenvalue weighted by atomic mass is 9.78. The summed E-state index contributed by atoms with van der Waals surface area (Å²) in [6, 6.07) is 14.5. The fourth-order valence-electron chi connectivity index (χ4n) is 5.98. The van der Waals surface area contributed by atoms with Gasteiger partial charge in [0.1, 0.15) is 17.2 Å². The lowest BCUT2D eigenvalue weighted by Crippen LogP contribution is -2.15. The van der Waals surface area contributed by atoms with Gasteiger partial charge in [-0.1, -0.05) is 96.5 Å². The van der Waals surface area contributed by atoms with Crippen LogP contribution in [0.5, 0.6) is 17.2 Å². The lowest BCUT2D eigenvalue weighted by molar-refractivity contribution is 0.0734. The maximum atomic E-state index is 12.6. The van der Waals surface area contributed by atoms with E-state index in [0.717, 1.165) is 49.2 Å². The van der Waals surface area contributed by atoms with Crippen molar-refractivity contribution in [2.24, 2.45) is 11.8 Å². The zero-order valence-corrected chi connectivity index (χ0v) is 26.3. The lowest BCUT2D eigenvalue weighted by Gasteiger charge is -2.28. The number of benzene rings is 2. The molecule has 3 rings (SSSR count). The van der Waals surface area contributed by atoms with Gasteiger partial charge in [-0.15, -0.1) is 6.58 Å². The maximum absolute atomic E-state index is 12.6. The van der Waals surface area contributed by atoms with Crippen molar-refractivity contribution in [3.05, 3.63) is 66.7 Å². The Morgan fingerprint density at radius 1 is 0.667 bits per heavy atom. The molecule has 0 N–H and O–H groups in total. The normalized spacial score (nSPS) is 16.6. The van der Waals surface area contributed by atoms with Crippen LogP contribution in [0, 0.1) is 11.8 Å². The fraction of sp³-hybridized carbons (Fsp3) is 0.605. The van der Waals surface area contributed by atoms with Crippen LogP contribution in [0.2, 0.25) is 0 Å². The van der Waals surface area contributed by atoms with Crippen molar-refractivity contribution in [3.63, 3.8) is 0 Å². The highest BCUT2D eigenvalue weighted by Crippen LogP contribution is 2.34. The van der Waals surface area contributed by atoms with Crippen molar-refractivity contribution in [2.45, 2.75) is 122 Å². The average molecular weight is 577 g/mol. The van der Waals surface area contributed by atoms with E-state index < -0.39 is 0 Å². The quantitative estimate of drug-likeness (QED) is 0.0605. The largest absolute Gasteiger partial charge is 0.494 e. The van der Waals surface area contributed by atoms with Crippen molar-refractivity contribution in [1.82, 2.24) is 0 Å².